The Morgan fingerprint density at radius 3 is 2.84 bits per heavy atom. The Kier molecular flexibility index (Phi) is 6.86. The van der Waals surface area contributed by atoms with Gasteiger partial charge in [-0.1, -0.05) is 17.3 Å². The van der Waals surface area contributed by atoms with Crippen LogP contribution in [0.2, 0.25) is 0 Å². The summed E-state index contributed by atoms with van der Waals surface area (Å²) in [5.74, 6) is -1.96. The van der Waals surface area contributed by atoms with Gasteiger partial charge in [0, 0.05) is 29.7 Å². The van der Waals surface area contributed by atoms with Gasteiger partial charge in [-0.05, 0) is 25.0 Å². The van der Waals surface area contributed by atoms with Crippen LogP contribution >= 0.6 is 11.8 Å². The zero-order valence-corrected chi connectivity index (χ0v) is 20.4. The maximum Gasteiger partial charge on any atom is 0.352 e. The maximum absolute atomic E-state index is 13.2. The number of aromatic nitrogens is 3. The second kappa shape index (κ2) is 10.4. The zero-order chi connectivity index (χ0) is 25.9. The van der Waals surface area contributed by atoms with E-state index in [1.165, 1.54) is 28.9 Å². The predicted molar refractivity (Wildman–Crippen MR) is 133 cm³/mol. The molecule has 1 aliphatic carbocycles. The monoisotopic (exact) mass is 522 g/mol. The number of amides is 2. The molecule has 37 heavy (non-hydrogen) atoms. The van der Waals surface area contributed by atoms with Gasteiger partial charge in [0.05, 0.1) is 0 Å². The largest absolute Gasteiger partial charge is 0.477 e. The number of hydrogen-bond acceptors (Lipinski definition) is 9. The highest BCUT2D eigenvalue weighted by Gasteiger charge is 2.54. The first-order chi connectivity index (χ1) is 17.9. The number of carboxylic acids is 1. The molecule has 0 spiro atoms. The lowest BCUT2D eigenvalue weighted by atomic mass is 10.0. The Morgan fingerprint density at radius 1 is 1.32 bits per heavy atom. The molecule has 4 heterocycles. The van der Waals surface area contributed by atoms with E-state index in [-0.39, 0.29) is 29.2 Å². The van der Waals surface area contributed by atoms with E-state index in [1.54, 1.807) is 0 Å². The molecule has 4 N–H and O–H groups in total. The molecule has 2 aliphatic heterocycles. The Balaban J connectivity index is 1.35. The molecular weight excluding hydrogens is 498 g/mol. The van der Waals surface area contributed by atoms with Crippen LogP contribution < -0.4 is 15.6 Å². The minimum atomic E-state index is -1.19. The number of pyridine rings is 1. The second-order valence-electron chi connectivity index (χ2n) is 8.56. The lowest BCUT2D eigenvalue weighted by Gasteiger charge is -2.49. The van der Waals surface area contributed by atoms with Crippen LogP contribution in [0.3, 0.4) is 0 Å². The van der Waals surface area contributed by atoms with Crippen molar-refractivity contribution < 1.29 is 28.9 Å². The number of carbonyl (C=O) groups is 3. The number of thioether (sulfide) groups is 1. The number of aliphatic carboxylic acids is 1. The number of carboxylic acid groups (broad SMARTS) is 1. The van der Waals surface area contributed by atoms with Gasteiger partial charge >= 0.3 is 5.97 Å². The number of nitrogen functional groups attached to an aromatic ring is 1. The number of fused-ring (bicyclic) bond motifs is 1. The number of allylic oxidation sites excluding steroid dienone is 1. The molecule has 190 valence electrons. The number of carbonyl (C=O) groups excluding carboxylic acids is 2. The number of β-lactam (4-membered cyclic amide) rings is 1. The van der Waals surface area contributed by atoms with Crippen molar-refractivity contribution in [3.8, 4) is 0 Å². The van der Waals surface area contributed by atoms with E-state index in [0.717, 1.165) is 12.8 Å². The van der Waals surface area contributed by atoms with Gasteiger partial charge in [0.2, 0.25) is 5.71 Å². The molecule has 2 aromatic heterocycles. The summed E-state index contributed by atoms with van der Waals surface area (Å²) in [5.41, 5.74) is 6.08. The zero-order valence-electron chi connectivity index (χ0n) is 19.6. The third kappa shape index (κ3) is 5.03. The molecule has 13 heteroatoms. The van der Waals surface area contributed by atoms with E-state index >= 15 is 0 Å². The van der Waals surface area contributed by atoms with Crippen LogP contribution in [0.15, 0.2) is 71.4 Å². The number of anilines is 1. The molecular formula is C24H24N7O5S+. The van der Waals surface area contributed by atoms with E-state index in [9.17, 15) is 19.5 Å². The number of nitrogens with two attached hydrogens (primary N) is 1. The molecule has 3 atom stereocenters. The molecule has 0 aromatic carbocycles. The number of nitrogens with one attached hydrogen (secondary N) is 1. The van der Waals surface area contributed by atoms with Crippen LogP contribution in [0.5, 0.6) is 0 Å². The van der Waals surface area contributed by atoms with E-state index < -0.39 is 29.2 Å². The summed E-state index contributed by atoms with van der Waals surface area (Å²) in [4.78, 5) is 53.3. The summed E-state index contributed by atoms with van der Waals surface area (Å²) < 4.78 is 1.84. The number of nitrogens with zero attached hydrogens (tertiary/aromatic N) is 5. The van der Waals surface area contributed by atoms with E-state index in [0.29, 0.717) is 17.9 Å². The van der Waals surface area contributed by atoms with Crippen LogP contribution in [0, 0.1) is 0 Å². The van der Waals surface area contributed by atoms with Gasteiger partial charge in [-0.15, -0.1) is 11.8 Å². The van der Waals surface area contributed by atoms with E-state index in [4.69, 9.17) is 10.6 Å². The fraction of sp³-hybridized carbons (Fsp3) is 0.292. The topological polar surface area (TPSA) is 164 Å². The van der Waals surface area contributed by atoms with Gasteiger partial charge in [0.1, 0.15) is 29.0 Å². The number of rotatable bonds is 8. The van der Waals surface area contributed by atoms with E-state index in [1.807, 2.05) is 47.3 Å². The highest BCUT2D eigenvalue weighted by atomic mass is 32.2. The Labute approximate surface area is 215 Å². The normalized spacial score (nSPS) is 22.9. The Bertz CT molecular complexity index is 1330. The molecule has 0 radical (unpaired) electrons. The van der Waals surface area contributed by atoms with Gasteiger partial charge in [0.15, 0.2) is 24.8 Å². The first kappa shape index (κ1) is 24.4. The van der Waals surface area contributed by atoms with Crippen molar-refractivity contribution in [2.75, 3.05) is 11.5 Å². The highest BCUT2D eigenvalue weighted by Crippen LogP contribution is 2.40. The first-order valence-electron chi connectivity index (χ1n) is 11.6. The molecule has 3 aliphatic rings. The third-order valence-corrected chi connectivity index (χ3v) is 7.38. The van der Waals surface area contributed by atoms with Crippen LogP contribution in [-0.2, 0) is 25.8 Å². The van der Waals surface area contributed by atoms with Crippen LogP contribution in [0.1, 0.15) is 18.7 Å². The molecule has 2 amide bonds. The average Bonchev–Trinajstić information content (AvgIpc) is 3.41. The van der Waals surface area contributed by atoms with Crippen molar-refractivity contribution in [2.24, 2.45) is 5.16 Å². The fourth-order valence-corrected chi connectivity index (χ4v) is 5.59. The van der Waals surface area contributed by atoms with Gasteiger partial charge in [-0.25, -0.2) is 19.3 Å². The second-order valence-corrected chi connectivity index (χ2v) is 9.67. The molecule has 0 bridgehead atoms. The first-order valence-corrected chi connectivity index (χ1v) is 12.6. The summed E-state index contributed by atoms with van der Waals surface area (Å²) in [6.45, 7) is 0.333. The predicted octanol–water partition coefficient (Wildman–Crippen LogP) is 0.224. The van der Waals surface area contributed by atoms with Gasteiger partial charge in [-0.3, -0.25) is 14.5 Å². The summed E-state index contributed by atoms with van der Waals surface area (Å²) in [6, 6.07) is 6.07. The van der Waals surface area contributed by atoms with Gasteiger partial charge in [-0.2, -0.15) is 0 Å². The molecule has 2 unspecified atom stereocenters. The molecule has 1 saturated heterocycles. The molecule has 0 saturated carbocycles. The van der Waals surface area contributed by atoms with Crippen LogP contribution in [0.4, 0.5) is 5.82 Å². The van der Waals surface area contributed by atoms with Crippen LogP contribution in [0.25, 0.3) is 0 Å². The maximum atomic E-state index is 13.2. The fourth-order valence-electron chi connectivity index (χ4n) is 4.26. The Hall–Kier alpha value is -4.26. The number of hydrogen-bond donors (Lipinski definition) is 3. The third-order valence-electron chi connectivity index (χ3n) is 6.04. The van der Waals surface area contributed by atoms with Crippen LogP contribution in [-0.4, -0.2) is 66.7 Å². The summed E-state index contributed by atoms with van der Waals surface area (Å²) in [5, 5.41) is 16.0. The standard InChI is InChI=1S/C24H23N7O5S/c25-16-8-9-26-20(27-16)17(29-36-15-6-2-3-7-15)21(32)28-18-22(33)31-19(24(34)35)14(13-37-23(18)31)12-30-10-4-1-5-11-30/h1-2,4-6,8-11,15,18,23H,3,7,12-13H2,(H3-,25,26,27,28,32,34,35)/p+1/t15?,18?,23-/m0/s1. The summed E-state index contributed by atoms with van der Waals surface area (Å²) >= 11 is 1.38. The van der Waals surface area contributed by atoms with Gasteiger partial charge < -0.3 is 21.0 Å². The molecule has 1 fully saturated rings. The summed E-state index contributed by atoms with van der Waals surface area (Å²) in [6.07, 6.45) is 10.1. The lowest BCUT2D eigenvalue weighted by Crippen LogP contribution is -2.71. The Morgan fingerprint density at radius 2 is 2.14 bits per heavy atom. The van der Waals surface area contributed by atoms with Crippen molar-refractivity contribution in [1.29, 1.82) is 0 Å². The molecule has 12 nitrogen and oxygen atoms in total. The highest BCUT2D eigenvalue weighted by molar-refractivity contribution is 8.00. The SMILES string of the molecule is Nc1ccnc(C(=NOC2C=CCC2)C(=O)NC2C(=O)N3C(C(=O)O)=C(C[n+]4ccccc4)CS[C@@H]23)n1. The van der Waals surface area contributed by atoms with Crippen molar-refractivity contribution in [2.45, 2.75) is 36.9 Å². The lowest BCUT2D eigenvalue weighted by molar-refractivity contribution is -0.689. The van der Waals surface area contributed by atoms with Crippen molar-refractivity contribution >= 4 is 41.1 Å². The number of oxime groups is 1. The van der Waals surface area contributed by atoms with Crippen molar-refractivity contribution in [3.05, 3.63) is 72.1 Å². The quantitative estimate of drug-likeness (QED) is 0.145. The summed E-state index contributed by atoms with van der Waals surface area (Å²) in [7, 11) is 0. The smallest absolute Gasteiger partial charge is 0.352 e. The average molecular weight is 523 g/mol. The van der Waals surface area contributed by atoms with Crippen molar-refractivity contribution in [1.82, 2.24) is 20.2 Å². The van der Waals surface area contributed by atoms with E-state index in [2.05, 4.69) is 20.4 Å². The minimum absolute atomic E-state index is 0.0484. The molecule has 2 aromatic rings. The van der Waals surface area contributed by atoms with Gasteiger partial charge in [0.25, 0.3) is 11.8 Å². The molecule has 5 rings (SSSR count). The van der Waals surface area contributed by atoms with Crippen molar-refractivity contribution in [3.63, 3.8) is 0 Å². The minimum Gasteiger partial charge on any atom is -0.477 e.